The van der Waals surface area contributed by atoms with E-state index in [0.717, 1.165) is 28.3 Å². The molecular weight excluding hydrogens is 554 g/mol. The van der Waals surface area contributed by atoms with Gasteiger partial charge >= 0.3 is 0 Å². The first-order valence-corrected chi connectivity index (χ1v) is 15.6. The van der Waals surface area contributed by atoms with E-state index in [9.17, 15) is 18.0 Å². The molecule has 0 spiro atoms. The molecule has 3 rings (SSSR count). The molecule has 0 aliphatic rings. The number of rotatable bonds is 15. The third-order valence-corrected chi connectivity index (χ3v) is 8.60. The predicted octanol–water partition coefficient (Wildman–Crippen LogP) is 4.93. The van der Waals surface area contributed by atoms with Gasteiger partial charge < -0.3 is 19.7 Å². The SMILES string of the molecule is CCCCNC(=O)[C@H](C)N(Cc1cccc(OC)c1)C(=O)CN(c1ccc(C)cc1)S(=O)(=O)c1ccc(OCC)cc1. The van der Waals surface area contributed by atoms with Gasteiger partial charge in [0.1, 0.15) is 24.1 Å². The van der Waals surface area contributed by atoms with E-state index < -0.39 is 28.5 Å². The van der Waals surface area contributed by atoms with Crippen molar-refractivity contribution in [3.05, 3.63) is 83.9 Å². The van der Waals surface area contributed by atoms with E-state index in [0.29, 0.717) is 30.3 Å². The highest BCUT2D eigenvalue weighted by Gasteiger charge is 2.32. The summed E-state index contributed by atoms with van der Waals surface area (Å²) >= 11 is 0. The van der Waals surface area contributed by atoms with Crippen molar-refractivity contribution < 1.29 is 27.5 Å². The highest BCUT2D eigenvalue weighted by molar-refractivity contribution is 7.92. The first-order valence-electron chi connectivity index (χ1n) is 14.1. The third-order valence-electron chi connectivity index (χ3n) is 6.81. The molecule has 0 heterocycles. The number of anilines is 1. The average Bonchev–Trinajstić information content (AvgIpc) is 2.99. The molecule has 2 amide bonds. The summed E-state index contributed by atoms with van der Waals surface area (Å²) in [4.78, 5) is 28.6. The molecule has 0 unspecified atom stereocenters. The van der Waals surface area contributed by atoms with E-state index in [4.69, 9.17) is 9.47 Å². The van der Waals surface area contributed by atoms with Gasteiger partial charge in [-0.2, -0.15) is 0 Å². The number of hydrogen-bond acceptors (Lipinski definition) is 6. The molecule has 1 N–H and O–H groups in total. The van der Waals surface area contributed by atoms with Crippen LogP contribution in [0.4, 0.5) is 5.69 Å². The molecular formula is C32H41N3O6S. The van der Waals surface area contributed by atoms with Gasteiger partial charge in [-0.1, -0.05) is 43.2 Å². The van der Waals surface area contributed by atoms with E-state index in [2.05, 4.69) is 5.32 Å². The van der Waals surface area contributed by atoms with Crippen molar-refractivity contribution in [2.45, 2.75) is 58.0 Å². The van der Waals surface area contributed by atoms with Gasteiger partial charge in [0.05, 0.1) is 24.3 Å². The Kier molecular flexibility index (Phi) is 11.8. The maximum absolute atomic E-state index is 14.0. The topological polar surface area (TPSA) is 105 Å². The lowest BCUT2D eigenvalue weighted by Gasteiger charge is -2.32. The van der Waals surface area contributed by atoms with Gasteiger partial charge in [0, 0.05) is 13.1 Å². The Morgan fingerprint density at radius 3 is 2.26 bits per heavy atom. The zero-order chi connectivity index (χ0) is 30.7. The third kappa shape index (κ3) is 8.48. The fourth-order valence-corrected chi connectivity index (χ4v) is 5.74. The highest BCUT2D eigenvalue weighted by atomic mass is 32.2. The molecule has 0 fully saturated rings. The van der Waals surface area contributed by atoms with E-state index in [-0.39, 0.29) is 17.3 Å². The minimum absolute atomic E-state index is 0.0176. The van der Waals surface area contributed by atoms with E-state index >= 15 is 0 Å². The van der Waals surface area contributed by atoms with Crippen LogP contribution in [0, 0.1) is 6.92 Å². The molecule has 10 heteroatoms. The highest BCUT2D eigenvalue weighted by Crippen LogP contribution is 2.26. The van der Waals surface area contributed by atoms with E-state index in [1.54, 1.807) is 68.6 Å². The zero-order valence-corrected chi connectivity index (χ0v) is 25.8. The molecule has 226 valence electrons. The molecule has 0 radical (unpaired) electrons. The van der Waals surface area contributed by atoms with Crippen molar-refractivity contribution >= 4 is 27.5 Å². The molecule has 42 heavy (non-hydrogen) atoms. The summed E-state index contributed by atoms with van der Waals surface area (Å²) in [5.41, 5.74) is 2.02. The lowest BCUT2D eigenvalue weighted by molar-refractivity contribution is -0.139. The standard InChI is InChI=1S/C32H41N3O6S/c1-6-8-20-33-32(37)25(4)34(22-26-10-9-11-29(21-26)40-5)31(36)23-35(27-14-12-24(3)13-15-27)42(38,39)30-18-16-28(17-19-30)41-7-2/h9-19,21,25H,6-8,20,22-23H2,1-5H3,(H,33,37)/t25-/m0/s1. The van der Waals surface area contributed by atoms with Crippen LogP contribution < -0.4 is 19.1 Å². The number of aryl methyl sites for hydroxylation is 1. The minimum Gasteiger partial charge on any atom is -0.497 e. The quantitative estimate of drug-likeness (QED) is 0.250. The predicted molar refractivity (Wildman–Crippen MR) is 164 cm³/mol. The Morgan fingerprint density at radius 1 is 0.952 bits per heavy atom. The number of sulfonamides is 1. The molecule has 9 nitrogen and oxygen atoms in total. The number of amides is 2. The minimum atomic E-state index is -4.16. The Bertz CT molecular complexity index is 1430. The van der Waals surface area contributed by atoms with E-state index in [1.165, 1.54) is 17.0 Å². The van der Waals surface area contributed by atoms with Crippen molar-refractivity contribution in [1.29, 1.82) is 0 Å². The second kappa shape index (κ2) is 15.3. The summed E-state index contributed by atoms with van der Waals surface area (Å²) in [6.45, 7) is 7.94. The summed E-state index contributed by atoms with van der Waals surface area (Å²) in [5.74, 6) is 0.322. The Hall–Kier alpha value is -4.05. The van der Waals surface area contributed by atoms with Gasteiger partial charge in [-0.25, -0.2) is 8.42 Å². The summed E-state index contributed by atoms with van der Waals surface area (Å²) < 4.78 is 39.9. The number of carbonyl (C=O) groups is 2. The van der Waals surface area contributed by atoms with Crippen LogP contribution in [0.1, 0.15) is 44.7 Å². The van der Waals surface area contributed by atoms with Crippen molar-refractivity contribution in [2.75, 3.05) is 31.1 Å². The normalized spacial score (nSPS) is 11.8. The van der Waals surface area contributed by atoms with E-state index in [1.807, 2.05) is 26.8 Å². The zero-order valence-electron chi connectivity index (χ0n) is 25.0. The lowest BCUT2D eigenvalue weighted by Crippen LogP contribution is -2.51. The van der Waals surface area contributed by atoms with Crippen molar-refractivity contribution in [1.82, 2.24) is 10.2 Å². The van der Waals surface area contributed by atoms with Crippen LogP contribution in [-0.4, -0.2) is 58.0 Å². The first-order chi connectivity index (χ1) is 20.1. The number of nitrogens with zero attached hydrogens (tertiary/aromatic N) is 2. The van der Waals surface area contributed by atoms with Gasteiger partial charge in [-0.3, -0.25) is 13.9 Å². The number of methoxy groups -OCH3 is 1. The molecule has 0 saturated carbocycles. The smallest absolute Gasteiger partial charge is 0.264 e. The molecule has 0 saturated heterocycles. The van der Waals surface area contributed by atoms with Crippen LogP contribution >= 0.6 is 0 Å². The summed E-state index contributed by atoms with van der Waals surface area (Å²) in [7, 11) is -2.61. The summed E-state index contributed by atoms with van der Waals surface area (Å²) in [6, 6.07) is 19.4. The Balaban J connectivity index is 2.00. The number of benzene rings is 3. The van der Waals surface area contributed by atoms with Gasteiger partial charge in [0.15, 0.2) is 0 Å². The Morgan fingerprint density at radius 2 is 1.64 bits per heavy atom. The van der Waals surface area contributed by atoms with Crippen LogP contribution in [0.3, 0.4) is 0 Å². The van der Waals surface area contributed by atoms with Crippen LogP contribution in [0.25, 0.3) is 0 Å². The fraction of sp³-hybridized carbons (Fsp3) is 0.375. The molecule has 0 bridgehead atoms. The number of nitrogens with one attached hydrogen (secondary N) is 1. The maximum atomic E-state index is 14.0. The number of carbonyl (C=O) groups excluding carboxylic acids is 2. The van der Waals surface area contributed by atoms with Gasteiger partial charge in [0.2, 0.25) is 11.8 Å². The monoisotopic (exact) mass is 595 g/mol. The average molecular weight is 596 g/mol. The lowest BCUT2D eigenvalue weighted by atomic mass is 10.1. The van der Waals surface area contributed by atoms with Crippen molar-refractivity contribution in [2.24, 2.45) is 0 Å². The molecule has 0 aromatic heterocycles. The fourth-order valence-electron chi connectivity index (χ4n) is 4.33. The van der Waals surface area contributed by atoms with Crippen molar-refractivity contribution in [3.63, 3.8) is 0 Å². The van der Waals surface area contributed by atoms with Crippen LogP contribution in [0.15, 0.2) is 77.7 Å². The molecule has 3 aromatic carbocycles. The molecule has 0 aliphatic carbocycles. The number of hydrogen-bond donors (Lipinski definition) is 1. The summed E-state index contributed by atoms with van der Waals surface area (Å²) in [5, 5.41) is 2.89. The number of unbranched alkanes of at least 4 members (excludes halogenated alkanes) is 1. The largest absolute Gasteiger partial charge is 0.497 e. The van der Waals surface area contributed by atoms with Gasteiger partial charge in [0.25, 0.3) is 10.0 Å². The summed E-state index contributed by atoms with van der Waals surface area (Å²) in [6.07, 6.45) is 1.72. The van der Waals surface area contributed by atoms with Crippen molar-refractivity contribution in [3.8, 4) is 11.5 Å². The van der Waals surface area contributed by atoms with Gasteiger partial charge in [-0.05, 0) is 81.3 Å². The molecule has 0 aliphatic heterocycles. The van der Waals surface area contributed by atoms with Crippen LogP contribution in [0.2, 0.25) is 0 Å². The molecule has 3 aromatic rings. The second-order valence-corrected chi connectivity index (χ2v) is 11.8. The second-order valence-electron chi connectivity index (χ2n) is 9.95. The van der Waals surface area contributed by atoms with Crippen LogP contribution in [0.5, 0.6) is 11.5 Å². The Labute approximate surface area is 249 Å². The number of ether oxygens (including phenoxy) is 2. The van der Waals surface area contributed by atoms with Gasteiger partial charge in [-0.15, -0.1) is 0 Å². The maximum Gasteiger partial charge on any atom is 0.264 e. The molecule has 1 atom stereocenters. The first kappa shape index (κ1) is 32.5. The van der Waals surface area contributed by atoms with Crippen LogP contribution in [-0.2, 0) is 26.2 Å².